The van der Waals surface area contributed by atoms with Crippen molar-refractivity contribution in [2.45, 2.75) is 39.2 Å². The van der Waals surface area contributed by atoms with Gasteiger partial charge in [-0.3, -0.25) is 4.79 Å². The minimum Gasteiger partial charge on any atom is -0.349 e. The summed E-state index contributed by atoms with van der Waals surface area (Å²) in [5.74, 6) is -0.860. The van der Waals surface area contributed by atoms with Crippen molar-refractivity contribution < 1.29 is 13.2 Å². The molecule has 116 valence electrons. The first-order valence-electron chi connectivity index (χ1n) is 7.36. The molecule has 0 bridgehead atoms. The number of hydrogen-bond donors (Lipinski definition) is 1. The van der Waals surface area contributed by atoms with Crippen LogP contribution in [-0.4, -0.2) is 26.3 Å². The van der Waals surface area contributed by atoms with Gasteiger partial charge in [-0.15, -0.1) is 0 Å². The zero-order valence-electron chi connectivity index (χ0n) is 12.8. The average molecular weight is 309 g/mol. The van der Waals surface area contributed by atoms with Gasteiger partial charge in [0.15, 0.2) is 0 Å². The Morgan fingerprint density at radius 1 is 1.24 bits per heavy atom. The molecule has 1 aromatic rings. The van der Waals surface area contributed by atoms with E-state index in [0.29, 0.717) is 0 Å². The number of benzene rings is 1. The molecule has 0 saturated heterocycles. The lowest BCUT2D eigenvalue weighted by Gasteiger charge is -2.18. The Morgan fingerprint density at radius 2 is 1.90 bits per heavy atom. The first kappa shape index (κ1) is 16.0. The molecule has 1 aromatic carbocycles. The summed E-state index contributed by atoms with van der Waals surface area (Å²) in [5.41, 5.74) is 3.86. The van der Waals surface area contributed by atoms with E-state index in [-0.39, 0.29) is 17.7 Å². The highest BCUT2D eigenvalue weighted by Crippen LogP contribution is 2.25. The van der Waals surface area contributed by atoms with Crippen molar-refractivity contribution in [3.63, 3.8) is 0 Å². The van der Waals surface area contributed by atoms with E-state index in [1.165, 1.54) is 17.5 Å². The lowest BCUT2D eigenvalue weighted by Crippen LogP contribution is -2.34. The number of fused-ring (bicyclic) bond motifs is 1. The van der Waals surface area contributed by atoms with Crippen LogP contribution in [0, 0.1) is 5.92 Å². The van der Waals surface area contributed by atoms with Crippen LogP contribution in [0.1, 0.15) is 43.0 Å². The second kappa shape index (κ2) is 6.18. The molecule has 0 aromatic heterocycles. The molecule has 0 spiro atoms. The highest BCUT2D eigenvalue weighted by atomic mass is 32.2. The topological polar surface area (TPSA) is 63.2 Å². The molecule has 0 saturated carbocycles. The van der Waals surface area contributed by atoms with Crippen LogP contribution in [0.15, 0.2) is 18.2 Å². The van der Waals surface area contributed by atoms with E-state index in [2.05, 4.69) is 23.5 Å². The van der Waals surface area contributed by atoms with Crippen LogP contribution >= 0.6 is 0 Å². The maximum absolute atomic E-state index is 12.1. The molecule has 0 fully saturated rings. The molecule has 1 aliphatic carbocycles. The Balaban J connectivity index is 2.01. The molecular formula is C16H23NO3S. The van der Waals surface area contributed by atoms with E-state index in [1.54, 1.807) is 6.92 Å². The van der Waals surface area contributed by atoms with Gasteiger partial charge in [-0.05, 0) is 42.9 Å². The Kier molecular flexibility index (Phi) is 4.71. The van der Waals surface area contributed by atoms with Gasteiger partial charge in [0, 0.05) is 12.2 Å². The van der Waals surface area contributed by atoms with Gasteiger partial charge in [-0.25, -0.2) is 8.42 Å². The van der Waals surface area contributed by atoms with E-state index < -0.39 is 15.8 Å². The van der Waals surface area contributed by atoms with Gasteiger partial charge in [-0.1, -0.05) is 25.1 Å². The summed E-state index contributed by atoms with van der Waals surface area (Å²) in [5, 5.41) is 2.91. The number of nitrogens with one attached hydrogen (secondary N) is 1. The van der Waals surface area contributed by atoms with Gasteiger partial charge in [0.05, 0.1) is 11.8 Å². The minimum atomic E-state index is -3.14. The van der Waals surface area contributed by atoms with Crippen LogP contribution in [0.4, 0.5) is 0 Å². The van der Waals surface area contributed by atoms with Crippen LogP contribution in [0.3, 0.4) is 0 Å². The number of hydrogen-bond acceptors (Lipinski definition) is 3. The van der Waals surface area contributed by atoms with Gasteiger partial charge in [0.1, 0.15) is 9.84 Å². The van der Waals surface area contributed by atoms with Crippen molar-refractivity contribution in [2.75, 3.05) is 12.0 Å². The summed E-state index contributed by atoms with van der Waals surface area (Å²) in [6, 6.07) is 6.25. The highest BCUT2D eigenvalue weighted by molar-refractivity contribution is 7.90. The fraction of sp³-hybridized carbons (Fsp3) is 0.562. The highest BCUT2D eigenvalue weighted by Gasteiger charge is 2.21. The van der Waals surface area contributed by atoms with Gasteiger partial charge in [-0.2, -0.15) is 0 Å². The van der Waals surface area contributed by atoms with E-state index in [1.807, 2.05) is 6.92 Å². The standard InChI is InChI=1S/C16H23NO3S/c1-11(10-21(3,19)20)16(18)17-12(2)14-8-7-13-5-4-6-15(13)9-14/h7-9,11-12H,4-6,10H2,1-3H3,(H,17,18)/t11-,12+/m0/s1. The predicted molar refractivity (Wildman–Crippen MR) is 83.9 cm³/mol. The second-order valence-electron chi connectivity index (χ2n) is 6.11. The maximum Gasteiger partial charge on any atom is 0.224 e. The van der Waals surface area contributed by atoms with Crippen molar-refractivity contribution in [1.29, 1.82) is 0 Å². The number of carbonyl (C=O) groups is 1. The van der Waals surface area contributed by atoms with Gasteiger partial charge >= 0.3 is 0 Å². The molecule has 0 radical (unpaired) electrons. The molecule has 2 rings (SSSR count). The average Bonchev–Trinajstić information content (AvgIpc) is 2.83. The van der Waals surface area contributed by atoms with Crippen LogP contribution in [-0.2, 0) is 27.5 Å². The number of amides is 1. The van der Waals surface area contributed by atoms with Gasteiger partial charge < -0.3 is 5.32 Å². The van der Waals surface area contributed by atoms with Gasteiger partial charge in [0.2, 0.25) is 5.91 Å². The molecule has 0 aliphatic heterocycles. The van der Waals surface area contributed by atoms with Crippen molar-refractivity contribution >= 4 is 15.7 Å². The van der Waals surface area contributed by atoms with Crippen molar-refractivity contribution in [3.8, 4) is 0 Å². The van der Waals surface area contributed by atoms with Crippen LogP contribution < -0.4 is 5.32 Å². The third-order valence-electron chi connectivity index (χ3n) is 3.98. The minimum absolute atomic E-state index is 0.106. The summed E-state index contributed by atoms with van der Waals surface area (Å²) in [4.78, 5) is 12.1. The molecule has 1 aliphatic rings. The molecular weight excluding hydrogens is 286 g/mol. The summed E-state index contributed by atoms with van der Waals surface area (Å²) in [6.45, 7) is 3.58. The smallest absolute Gasteiger partial charge is 0.224 e. The lowest BCUT2D eigenvalue weighted by molar-refractivity contribution is -0.124. The van der Waals surface area contributed by atoms with E-state index in [4.69, 9.17) is 0 Å². The van der Waals surface area contributed by atoms with Crippen LogP contribution in [0.2, 0.25) is 0 Å². The molecule has 21 heavy (non-hydrogen) atoms. The zero-order valence-corrected chi connectivity index (χ0v) is 13.7. The van der Waals surface area contributed by atoms with Gasteiger partial charge in [0.25, 0.3) is 0 Å². The van der Waals surface area contributed by atoms with E-state index >= 15 is 0 Å². The molecule has 1 N–H and O–H groups in total. The van der Waals surface area contributed by atoms with Crippen LogP contribution in [0.5, 0.6) is 0 Å². The Bertz CT molecular complexity index is 637. The summed E-state index contributed by atoms with van der Waals surface area (Å²) in [6.07, 6.45) is 4.60. The fourth-order valence-electron chi connectivity index (χ4n) is 2.83. The third kappa shape index (κ3) is 4.30. The summed E-state index contributed by atoms with van der Waals surface area (Å²) < 4.78 is 22.5. The molecule has 0 heterocycles. The van der Waals surface area contributed by atoms with Crippen molar-refractivity contribution in [3.05, 3.63) is 34.9 Å². The largest absolute Gasteiger partial charge is 0.349 e. The number of rotatable bonds is 5. The normalized spacial score (nSPS) is 17.1. The first-order valence-corrected chi connectivity index (χ1v) is 9.42. The monoisotopic (exact) mass is 309 g/mol. The number of sulfone groups is 1. The third-order valence-corrected chi connectivity index (χ3v) is 5.09. The Hall–Kier alpha value is -1.36. The summed E-state index contributed by atoms with van der Waals surface area (Å²) in [7, 11) is -3.14. The van der Waals surface area contributed by atoms with Crippen molar-refractivity contribution in [2.24, 2.45) is 5.92 Å². The molecule has 5 heteroatoms. The predicted octanol–water partition coefficient (Wildman–Crippen LogP) is 2.03. The van der Waals surface area contributed by atoms with Crippen molar-refractivity contribution in [1.82, 2.24) is 5.32 Å². The summed E-state index contributed by atoms with van der Waals surface area (Å²) >= 11 is 0. The molecule has 0 unspecified atom stereocenters. The molecule has 1 amide bonds. The maximum atomic E-state index is 12.1. The lowest BCUT2D eigenvalue weighted by atomic mass is 10.0. The van der Waals surface area contributed by atoms with E-state index in [0.717, 1.165) is 24.7 Å². The fourth-order valence-corrected chi connectivity index (χ4v) is 3.89. The second-order valence-corrected chi connectivity index (χ2v) is 8.29. The number of aryl methyl sites for hydroxylation is 2. The SMILES string of the molecule is C[C@@H](CS(C)(=O)=O)C(=O)N[C@H](C)c1ccc2c(c1)CCC2. The Labute approximate surface area is 126 Å². The quantitative estimate of drug-likeness (QED) is 0.905. The number of carbonyl (C=O) groups excluding carboxylic acids is 1. The zero-order chi connectivity index (χ0) is 15.6. The molecule has 2 atom stereocenters. The first-order chi connectivity index (χ1) is 9.76. The Morgan fingerprint density at radius 3 is 2.57 bits per heavy atom. The van der Waals surface area contributed by atoms with Crippen LogP contribution in [0.25, 0.3) is 0 Å². The van der Waals surface area contributed by atoms with E-state index in [9.17, 15) is 13.2 Å². The molecule has 4 nitrogen and oxygen atoms in total.